The van der Waals surface area contributed by atoms with Crippen LogP contribution in [0, 0.1) is 17.2 Å². The van der Waals surface area contributed by atoms with Crippen molar-refractivity contribution in [1.82, 2.24) is 5.32 Å². The van der Waals surface area contributed by atoms with E-state index in [1.165, 1.54) is 6.07 Å². The van der Waals surface area contributed by atoms with E-state index >= 15 is 0 Å². The van der Waals surface area contributed by atoms with Crippen molar-refractivity contribution in [2.24, 2.45) is 5.92 Å². The molecule has 0 saturated heterocycles. The first-order valence-electron chi connectivity index (χ1n) is 8.05. The molecule has 1 fully saturated rings. The lowest BCUT2D eigenvalue weighted by Crippen LogP contribution is -2.48. The van der Waals surface area contributed by atoms with Gasteiger partial charge in [0.15, 0.2) is 6.61 Å². The van der Waals surface area contributed by atoms with E-state index < -0.39 is 24.0 Å². The van der Waals surface area contributed by atoms with Gasteiger partial charge in [-0.15, -0.1) is 0 Å². The quantitative estimate of drug-likeness (QED) is 0.816. The summed E-state index contributed by atoms with van der Waals surface area (Å²) in [7, 11) is 0. The van der Waals surface area contributed by atoms with Gasteiger partial charge in [0.2, 0.25) is 0 Å². The highest BCUT2D eigenvalue weighted by atomic mass is 16.5. The number of ether oxygens (including phenoxy) is 1. The van der Waals surface area contributed by atoms with Crippen LogP contribution in [-0.4, -0.2) is 29.1 Å². The Kier molecular flexibility index (Phi) is 4.32. The standard InChI is InChI=1S/C19H18N2O4/c1-19(11-20,13-7-8-13)21-16(22)10-25-18(24)15-9-6-12-4-2-3-5-14(12)17(15)23/h2-6,9,13,23H,7-8,10H2,1H3,(H,21,22)/t19-/m1/s1. The molecular formula is C19H18N2O4. The van der Waals surface area contributed by atoms with Gasteiger partial charge in [-0.25, -0.2) is 4.79 Å². The fraction of sp³-hybridized carbons (Fsp3) is 0.316. The van der Waals surface area contributed by atoms with Crippen LogP contribution in [0.25, 0.3) is 10.8 Å². The van der Waals surface area contributed by atoms with Crippen molar-refractivity contribution in [3.63, 3.8) is 0 Å². The highest BCUT2D eigenvalue weighted by molar-refractivity contribution is 6.01. The van der Waals surface area contributed by atoms with E-state index in [0.29, 0.717) is 5.39 Å². The Morgan fingerprint density at radius 1 is 1.32 bits per heavy atom. The van der Waals surface area contributed by atoms with Gasteiger partial charge in [0.1, 0.15) is 16.9 Å². The van der Waals surface area contributed by atoms with Gasteiger partial charge in [-0.05, 0) is 37.1 Å². The van der Waals surface area contributed by atoms with Crippen LogP contribution in [0.3, 0.4) is 0 Å². The van der Waals surface area contributed by atoms with Crippen molar-refractivity contribution in [3.8, 4) is 11.8 Å². The average Bonchev–Trinajstić information content (AvgIpc) is 3.46. The third-order valence-corrected chi connectivity index (χ3v) is 4.48. The second-order valence-corrected chi connectivity index (χ2v) is 6.40. The molecule has 0 aromatic heterocycles. The fourth-order valence-corrected chi connectivity index (χ4v) is 2.84. The van der Waals surface area contributed by atoms with Crippen molar-refractivity contribution in [1.29, 1.82) is 5.26 Å². The predicted octanol–water partition coefficient (Wildman–Crippen LogP) is 2.51. The summed E-state index contributed by atoms with van der Waals surface area (Å²) >= 11 is 0. The number of carbonyl (C=O) groups excluding carboxylic acids is 2. The SMILES string of the molecule is C[C@](C#N)(NC(=O)COC(=O)c1ccc2ccccc2c1O)C1CC1. The molecule has 25 heavy (non-hydrogen) atoms. The summed E-state index contributed by atoms with van der Waals surface area (Å²) in [5, 5.41) is 23.4. The van der Waals surface area contributed by atoms with Gasteiger partial charge in [-0.3, -0.25) is 4.79 Å². The van der Waals surface area contributed by atoms with E-state index in [9.17, 15) is 20.0 Å². The number of hydrogen-bond donors (Lipinski definition) is 2. The van der Waals surface area contributed by atoms with E-state index in [2.05, 4.69) is 11.4 Å². The number of hydrogen-bond acceptors (Lipinski definition) is 5. The number of carbonyl (C=O) groups is 2. The molecule has 0 aliphatic heterocycles. The molecular weight excluding hydrogens is 320 g/mol. The number of esters is 1. The third kappa shape index (κ3) is 3.41. The number of phenols is 1. The molecule has 1 aliphatic carbocycles. The molecule has 6 nitrogen and oxygen atoms in total. The van der Waals surface area contributed by atoms with Crippen molar-refractivity contribution in [2.45, 2.75) is 25.3 Å². The minimum atomic E-state index is -0.936. The summed E-state index contributed by atoms with van der Waals surface area (Å²) in [4.78, 5) is 24.1. The van der Waals surface area contributed by atoms with E-state index in [1.54, 1.807) is 25.1 Å². The average molecular weight is 338 g/mol. The molecule has 1 saturated carbocycles. The minimum Gasteiger partial charge on any atom is -0.506 e. The molecule has 6 heteroatoms. The van der Waals surface area contributed by atoms with Gasteiger partial charge in [0.25, 0.3) is 5.91 Å². The van der Waals surface area contributed by atoms with Crippen LogP contribution >= 0.6 is 0 Å². The van der Waals surface area contributed by atoms with Crippen molar-refractivity contribution in [2.75, 3.05) is 6.61 Å². The van der Waals surface area contributed by atoms with Crippen LogP contribution in [0.2, 0.25) is 0 Å². The first-order valence-corrected chi connectivity index (χ1v) is 8.05. The highest BCUT2D eigenvalue weighted by Crippen LogP contribution is 2.39. The Balaban J connectivity index is 1.66. The normalized spacial score (nSPS) is 15.8. The molecule has 2 N–H and O–H groups in total. The first kappa shape index (κ1) is 16.8. The molecule has 1 aliphatic rings. The third-order valence-electron chi connectivity index (χ3n) is 4.48. The van der Waals surface area contributed by atoms with Crippen molar-refractivity contribution >= 4 is 22.6 Å². The second kappa shape index (κ2) is 6.44. The van der Waals surface area contributed by atoms with E-state index in [4.69, 9.17) is 4.74 Å². The monoisotopic (exact) mass is 338 g/mol. The number of nitriles is 1. The molecule has 0 radical (unpaired) electrons. The Hall–Kier alpha value is -3.07. The lowest BCUT2D eigenvalue weighted by molar-refractivity contribution is -0.125. The molecule has 2 aromatic carbocycles. The molecule has 2 aromatic rings. The Labute approximate surface area is 145 Å². The number of amides is 1. The van der Waals surface area contributed by atoms with Crippen LogP contribution in [0.5, 0.6) is 5.75 Å². The lowest BCUT2D eigenvalue weighted by Gasteiger charge is -2.22. The number of aromatic hydroxyl groups is 1. The first-order chi connectivity index (χ1) is 11.9. The molecule has 3 rings (SSSR count). The Bertz CT molecular complexity index is 883. The second-order valence-electron chi connectivity index (χ2n) is 6.40. The maximum Gasteiger partial charge on any atom is 0.342 e. The molecule has 0 spiro atoms. The van der Waals surface area contributed by atoms with Crippen LogP contribution in [-0.2, 0) is 9.53 Å². The molecule has 0 unspecified atom stereocenters. The summed E-state index contributed by atoms with van der Waals surface area (Å²) in [6.07, 6.45) is 1.80. The van der Waals surface area contributed by atoms with Crippen LogP contribution in [0.15, 0.2) is 36.4 Å². The predicted molar refractivity (Wildman–Crippen MR) is 90.8 cm³/mol. The topological polar surface area (TPSA) is 99.4 Å². The summed E-state index contributed by atoms with van der Waals surface area (Å²) < 4.78 is 4.99. The van der Waals surface area contributed by atoms with Gasteiger partial charge in [0.05, 0.1) is 6.07 Å². The van der Waals surface area contributed by atoms with Gasteiger partial charge < -0.3 is 15.2 Å². The summed E-state index contributed by atoms with van der Waals surface area (Å²) in [5.74, 6) is -1.36. The zero-order valence-electron chi connectivity index (χ0n) is 13.8. The van der Waals surface area contributed by atoms with Crippen LogP contribution in [0.4, 0.5) is 0 Å². The van der Waals surface area contributed by atoms with Gasteiger partial charge in [-0.2, -0.15) is 5.26 Å². The zero-order valence-corrected chi connectivity index (χ0v) is 13.8. The Morgan fingerprint density at radius 3 is 2.72 bits per heavy atom. The largest absolute Gasteiger partial charge is 0.506 e. The van der Waals surface area contributed by atoms with Gasteiger partial charge in [0, 0.05) is 5.39 Å². The van der Waals surface area contributed by atoms with Crippen LogP contribution < -0.4 is 5.32 Å². The molecule has 0 heterocycles. The smallest absolute Gasteiger partial charge is 0.342 e. The van der Waals surface area contributed by atoms with Crippen molar-refractivity contribution < 1.29 is 19.4 Å². The minimum absolute atomic E-state index is 0.00302. The van der Waals surface area contributed by atoms with E-state index in [1.807, 2.05) is 12.1 Å². The zero-order chi connectivity index (χ0) is 18.0. The van der Waals surface area contributed by atoms with Gasteiger partial charge in [-0.1, -0.05) is 30.3 Å². The number of rotatable bonds is 5. The summed E-state index contributed by atoms with van der Waals surface area (Å²) in [5.41, 5.74) is -0.939. The van der Waals surface area contributed by atoms with E-state index in [0.717, 1.165) is 18.2 Å². The number of nitrogens with one attached hydrogen (secondary N) is 1. The molecule has 1 atom stereocenters. The number of benzene rings is 2. The summed E-state index contributed by atoms with van der Waals surface area (Å²) in [6, 6.07) is 12.4. The number of phenolic OH excluding ortho intramolecular Hbond substituents is 1. The number of nitrogens with zero attached hydrogens (tertiary/aromatic N) is 1. The highest BCUT2D eigenvalue weighted by Gasteiger charge is 2.43. The molecule has 1 amide bonds. The van der Waals surface area contributed by atoms with Crippen LogP contribution in [0.1, 0.15) is 30.1 Å². The Morgan fingerprint density at radius 2 is 2.04 bits per heavy atom. The lowest BCUT2D eigenvalue weighted by atomic mass is 9.98. The maximum atomic E-state index is 12.2. The summed E-state index contributed by atoms with van der Waals surface area (Å²) in [6.45, 7) is 1.16. The van der Waals surface area contributed by atoms with E-state index in [-0.39, 0.29) is 17.2 Å². The fourth-order valence-electron chi connectivity index (χ4n) is 2.84. The molecule has 0 bridgehead atoms. The molecule has 128 valence electrons. The van der Waals surface area contributed by atoms with Crippen molar-refractivity contribution in [3.05, 3.63) is 42.0 Å². The maximum absolute atomic E-state index is 12.2. The van der Waals surface area contributed by atoms with Gasteiger partial charge >= 0.3 is 5.97 Å². The number of fused-ring (bicyclic) bond motifs is 1.